The van der Waals surface area contributed by atoms with Crippen molar-refractivity contribution in [2.75, 3.05) is 6.61 Å². The molecule has 16 heavy (non-hydrogen) atoms. The second-order valence-electron chi connectivity index (χ2n) is 3.84. The minimum atomic E-state index is -0.615. The van der Waals surface area contributed by atoms with Gasteiger partial charge in [-0.2, -0.15) is 4.99 Å². The first kappa shape index (κ1) is 12.8. The molecule has 3 nitrogen and oxygen atoms in total. The van der Waals surface area contributed by atoms with Crippen LogP contribution in [0.2, 0.25) is 5.02 Å². The van der Waals surface area contributed by atoms with Gasteiger partial charge in [0.2, 0.25) is 6.08 Å². The van der Waals surface area contributed by atoms with E-state index in [1.165, 1.54) is 0 Å². The van der Waals surface area contributed by atoms with E-state index < -0.39 is 5.54 Å². The van der Waals surface area contributed by atoms with Crippen LogP contribution in [-0.4, -0.2) is 12.7 Å². The van der Waals surface area contributed by atoms with E-state index in [4.69, 9.17) is 16.3 Å². The molecule has 0 aliphatic rings. The highest BCUT2D eigenvalue weighted by molar-refractivity contribution is 6.32. The first-order chi connectivity index (χ1) is 7.51. The maximum Gasteiger partial charge on any atom is 0.235 e. The number of hydrogen-bond donors (Lipinski definition) is 0. The maximum absolute atomic E-state index is 10.3. The Balaban J connectivity index is 3.10. The Labute approximate surface area is 100 Å². The highest BCUT2D eigenvalue weighted by atomic mass is 35.5. The lowest BCUT2D eigenvalue weighted by Crippen LogP contribution is -2.13. The number of carbonyl (C=O) groups excluding carboxylic acids is 1. The van der Waals surface area contributed by atoms with Gasteiger partial charge in [-0.25, -0.2) is 4.79 Å². The Morgan fingerprint density at radius 1 is 1.50 bits per heavy atom. The van der Waals surface area contributed by atoms with Crippen LogP contribution in [0.4, 0.5) is 0 Å². The van der Waals surface area contributed by atoms with E-state index in [1.807, 2.05) is 26.8 Å². The molecular weight excluding hydrogens is 226 g/mol. The molecule has 0 N–H and O–H groups in total. The molecule has 0 aromatic heterocycles. The van der Waals surface area contributed by atoms with E-state index in [0.717, 1.165) is 5.56 Å². The normalized spacial score (nSPS) is 10.8. The lowest BCUT2D eigenvalue weighted by atomic mass is 9.95. The Morgan fingerprint density at radius 3 is 2.69 bits per heavy atom. The van der Waals surface area contributed by atoms with E-state index in [0.29, 0.717) is 17.4 Å². The summed E-state index contributed by atoms with van der Waals surface area (Å²) in [6.07, 6.45) is 1.57. The third-order valence-electron chi connectivity index (χ3n) is 2.26. The molecule has 0 saturated heterocycles. The van der Waals surface area contributed by atoms with Gasteiger partial charge in [0.05, 0.1) is 17.2 Å². The topological polar surface area (TPSA) is 38.7 Å². The van der Waals surface area contributed by atoms with Crippen LogP contribution in [-0.2, 0) is 10.3 Å². The Kier molecular flexibility index (Phi) is 4.11. The Bertz CT molecular complexity index is 423. The number of halogens is 1. The standard InChI is InChI=1S/C12H14ClNO2/c1-4-16-11-6-5-9(7-10(11)13)12(2,3)14-8-15/h5-7H,4H2,1-3H3. The SMILES string of the molecule is CCOc1ccc(C(C)(C)N=C=O)cc1Cl. The van der Waals surface area contributed by atoms with E-state index in [-0.39, 0.29) is 0 Å². The first-order valence-corrected chi connectivity index (χ1v) is 5.41. The van der Waals surface area contributed by atoms with Gasteiger partial charge in [0.25, 0.3) is 0 Å². The van der Waals surface area contributed by atoms with E-state index in [1.54, 1.807) is 18.2 Å². The molecule has 0 fully saturated rings. The average Bonchev–Trinajstić information content (AvgIpc) is 2.21. The quantitative estimate of drug-likeness (QED) is 0.597. The zero-order valence-electron chi connectivity index (χ0n) is 9.58. The molecule has 0 bridgehead atoms. The largest absolute Gasteiger partial charge is 0.492 e. The summed E-state index contributed by atoms with van der Waals surface area (Å²) in [5.74, 6) is 0.638. The van der Waals surface area contributed by atoms with Gasteiger partial charge in [-0.05, 0) is 38.5 Å². The minimum absolute atomic E-state index is 0.522. The van der Waals surface area contributed by atoms with Crippen LogP contribution in [0.3, 0.4) is 0 Å². The van der Waals surface area contributed by atoms with Gasteiger partial charge >= 0.3 is 0 Å². The fourth-order valence-corrected chi connectivity index (χ4v) is 1.57. The number of rotatable bonds is 4. The van der Waals surface area contributed by atoms with Crippen molar-refractivity contribution in [3.05, 3.63) is 28.8 Å². The van der Waals surface area contributed by atoms with Crippen LogP contribution >= 0.6 is 11.6 Å². The van der Waals surface area contributed by atoms with Crippen molar-refractivity contribution in [1.29, 1.82) is 0 Å². The summed E-state index contributed by atoms with van der Waals surface area (Å²) in [6.45, 7) is 6.10. The van der Waals surface area contributed by atoms with E-state index in [2.05, 4.69) is 4.99 Å². The molecule has 0 atom stereocenters. The molecule has 0 spiro atoms. The van der Waals surface area contributed by atoms with Gasteiger partial charge in [0.15, 0.2) is 0 Å². The third-order valence-corrected chi connectivity index (χ3v) is 2.56. The molecule has 1 aromatic rings. The fraction of sp³-hybridized carbons (Fsp3) is 0.417. The van der Waals surface area contributed by atoms with Gasteiger partial charge in [0.1, 0.15) is 5.75 Å². The third kappa shape index (κ3) is 2.84. The lowest BCUT2D eigenvalue weighted by molar-refractivity contribution is 0.340. The zero-order valence-corrected chi connectivity index (χ0v) is 10.3. The Morgan fingerprint density at radius 2 is 2.19 bits per heavy atom. The average molecular weight is 240 g/mol. The zero-order chi connectivity index (χ0) is 12.2. The smallest absolute Gasteiger partial charge is 0.235 e. The van der Waals surface area contributed by atoms with Crippen molar-refractivity contribution in [1.82, 2.24) is 0 Å². The van der Waals surface area contributed by atoms with Crippen LogP contribution in [0.5, 0.6) is 5.75 Å². The molecule has 0 heterocycles. The number of nitrogens with zero attached hydrogens (tertiary/aromatic N) is 1. The predicted molar refractivity (Wildman–Crippen MR) is 63.8 cm³/mol. The van der Waals surface area contributed by atoms with E-state index >= 15 is 0 Å². The molecule has 0 aliphatic carbocycles. The van der Waals surface area contributed by atoms with Crippen LogP contribution in [0.1, 0.15) is 26.3 Å². The molecule has 86 valence electrons. The monoisotopic (exact) mass is 239 g/mol. The number of hydrogen-bond acceptors (Lipinski definition) is 3. The van der Waals surface area contributed by atoms with Gasteiger partial charge in [-0.3, -0.25) is 0 Å². The molecule has 1 aromatic carbocycles. The summed E-state index contributed by atoms with van der Waals surface area (Å²) in [6, 6.07) is 5.38. The summed E-state index contributed by atoms with van der Waals surface area (Å²) in [5.41, 5.74) is 0.236. The van der Waals surface area contributed by atoms with Crippen molar-refractivity contribution in [2.45, 2.75) is 26.3 Å². The van der Waals surface area contributed by atoms with Crippen molar-refractivity contribution in [3.63, 3.8) is 0 Å². The number of isocyanates is 1. The molecule has 0 aliphatic heterocycles. The number of aliphatic imine (C=N–C) groups is 1. The molecule has 0 saturated carbocycles. The van der Waals surface area contributed by atoms with E-state index in [9.17, 15) is 4.79 Å². The van der Waals surface area contributed by atoms with Gasteiger partial charge < -0.3 is 4.74 Å². The Hall–Kier alpha value is -1.31. The maximum atomic E-state index is 10.3. The minimum Gasteiger partial charge on any atom is -0.492 e. The van der Waals surface area contributed by atoms with Crippen LogP contribution in [0.15, 0.2) is 23.2 Å². The van der Waals surface area contributed by atoms with Crippen molar-refractivity contribution in [3.8, 4) is 5.75 Å². The van der Waals surface area contributed by atoms with Crippen molar-refractivity contribution in [2.24, 2.45) is 4.99 Å². The fourth-order valence-electron chi connectivity index (χ4n) is 1.33. The predicted octanol–water partition coefficient (Wildman–Crippen LogP) is 3.31. The van der Waals surface area contributed by atoms with Crippen molar-refractivity contribution >= 4 is 17.7 Å². The van der Waals surface area contributed by atoms with Crippen LogP contribution in [0.25, 0.3) is 0 Å². The molecule has 0 unspecified atom stereocenters. The summed E-state index contributed by atoms with van der Waals surface area (Å²) >= 11 is 6.05. The summed E-state index contributed by atoms with van der Waals surface area (Å²) in [4.78, 5) is 14.0. The lowest BCUT2D eigenvalue weighted by Gasteiger charge is -2.18. The highest BCUT2D eigenvalue weighted by Crippen LogP contribution is 2.31. The summed E-state index contributed by atoms with van der Waals surface area (Å²) < 4.78 is 5.32. The summed E-state index contributed by atoms with van der Waals surface area (Å²) in [5, 5.41) is 0.522. The first-order valence-electron chi connectivity index (χ1n) is 5.03. The molecular formula is C12H14ClNO2. The van der Waals surface area contributed by atoms with Crippen LogP contribution in [0, 0.1) is 0 Å². The molecule has 4 heteroatoms. The van der Waals surface area contributed by atoms with Gasteiger partial charge in [-0.15, -0.1) is 0 Å². The van der Waals surface area contributed by atoms with Gasteiger partial charge in [0, 0.05) is 0 Å². The van der Waals surface area contributed by atoms with Crippen LogP contribution < -0.4 is 4.74 Å². The molecule has 0 radical (unpaired) electrons. The second kappa shape index (κ2) is 5.15. The molecule has 0 amide bonds. The number of benzene rings is 1. The summed E-state index contributed by atoms with van der Waals surface area (Å²) in [7, 11) is 0. The van der Waals surface area contributed by atoms with Crippen molar-refractivity contribution < 1.29 is 9.53 Å². The van der Waals surface area contributed by atoms with Gasteiger partial charge in [-0.1, -0.05) is 17.7 Å². The molecule has 1 rings (SSSR count). The highest BCUT2D eigenvalue weighted by Gasteiger charge is 2.20. The second-order valence-corrected chi connectivity index (χ2v) is 4.25. The number of ether oxygens (including phenoxy) is 1.